The highest BCUT2D eigenvalue weighted by Crippen LogP contribution is 2.32. The fraction of sp³-hybridized carbons (Fsp3) is 0.417. The molecule has 0 spiro atoms. The number of hydrogen-bond donors (Lipinski definition) is 1. The second-order valence-electron chi connectivity index (χ2n) is 4.41. The van der Waals surface area contributed by atoms with E-state index >= 15 is 0 Å². The lowest BCUT2D eigenvalue weighted by Crippen LogP contribution is -2.26. The van der Waals surface area contributed by atoms with Crippen molar-refractivity contribution in [1.82, 2.24) is 9.88 Å². The van der Waals surface area contributed by atoms with Crippen molar-refractivity contribution in [3.63, 3.8) is 0 Å². The zero-order valence-electron chi connectivity index (χ0n) is 10.9. The number of aromatic nitrogens is 1. The quantitative estimate of drug-likeness (QED) is 0.904. The Labute approximate surface area is 123 Å². The van der Waals surface area contributed by atoms with Gasteiger partial charge in [0.15, 0.2) is 10.8 Å². The normalized spacial score (nSPS) is 13.7. The van der Waals surface area contributed by atoms with Crippen LogP contribution in [0, 0.1) is 0 Å². The largest absolute Gasteiger partial charge is 0.434 e. The first-order chi connectivity index (χ1) is 9.38. The van der Waals surface area contributed by atoms with Crippen LogP contribution in [0.2, 0.25) is 0 Å². The highest BCUT2D eigenvalue weighted by atomic mass is 32.1. The molecule has 110 valence electrons. The molecule has 0 aliphatic rings. The van der Waals surface area contributed by atoms with Gasteiger partial charge in [-0.1, -0.05) is 6.07 Å². The van der Waals surface area contributed by atoms with Crippen molar-refractivity contribution in [2.24, 2.45) is 0 Å². The van der Waals surface area contributed by atoms with Crippen molar-refractivity contribution < 1.29 is 13.2 Å². The molecule has 1 unspecified atom stereocenters. The van der Waals surface area contributed by atoms with Gasteiger partial charge in [0.1, 0.15) is 0 Å². The number of alkyl halides is 3. The molecule has 8 heteroatoms. The van der Waals surface area contributed by atoms with Crippen LogP contribution in [0.5, 0.6) is 0 Å². The molecule has 2 aromatic rings. The molecular weight excluding hydrogens is 307 g/mol. The molecule has 3 nitrogen and oxygen atoms in total. The van der Waals surface area contributed by atoms with E-state index in [0.717, 1.165) is 21.6 Å². The number of rotatable bonds is 5. The van der Waals surface area contributed by atoms with Crippen LogP contribution in [-0.4, -0.2) is 30.5 Å². The summed E-state index contributed by atoms with van der Waals surface area (Å²) in [5, 5.41) is 6.28. The molecule has 1 atom stereocenters. The van der Waals surface area contributed by atoms with Gasteiger partial charge in [0.05, 0.1) is 6.04 Å². The number of thiophene rings is 1. The lowest BCUT2D eigenvalue weighted by atomic mass is 10.2. The van der Waals surface area contributed by atoms with Gasteiger partial charge >= 0.3 is 6.18 Å². The summed E-state index contributed by atoms with van der Waals surface area (Å²) in [6.45, 7) is 0.512. The Bertz CT molecular complexity index is 534. The van der Waals surface area contributed by atoms with Gasteiger partial charge in [-0.05, 0) is 25.5 Å². The minimum Gasteiger partial charge on any atom is -0.360 e. The fourth-order valence-electron chi connectivity index (χ4n) is 1.69. The van der Waals surface area contributed by atoms with Crippen LogP contribution < -0.4 is 5.32 Å². The molecule has 0 saturated heterocycles. The molecule has 0 aromatic carbocycles. The molecule has 2 heterocycles. The summed E-state index contributed by atoms with van der Waals surface area (Å²) in [5.41, 5.74) is -0.845. The number of hydrogen-bond acceptors (Lipinski definition) is 5. The van der Waals surface area contributed by atoms with Crippen LogP contribution in [0.1, 0.15) is 16.6 Å². The Kier molecular flexibility index (Phi) is 4.66. The summed E-state index contributed by atoms with van der Waals surface area (Å²) in [4.78, 5) is 6.75. The molecule has 1 N–H and O–H groups in total. The second-order valence-corrected chi connectivity index (χ2v) is 6.25. The van der Waals surface area contributed by atoms with Gasteiger partial charge in [0.2, 0.25) is 0 Å². The van der Waals surface area contributed by atoms with E-state index in [-0.39, 0.29) is 6.04 Å². The van der Waals surface area contributed by atoms with Crippen molar-refractivity contribution in [3.8, 4) is 0 Å². The molecule has 0 bridgehead atoms. The number of anilines is 1. The van der Waals surface area contributed by atoms with E-state index in [2.05, 4.69) is 10.3 Å². The Hall–Kier alpha value is -1.12. The maximum Gasteiger partial charge on any atom is 0.434 e. The average molecular weight is 321 g/mol. The topological polar surface area (TPSA) is 28.2 Å². The Morgan fingerprint density at radius 1 is 1.35 bits per heavy atom. The molecular formula is C12H14F3N3S2. The number of nitrogens with zero attached hydrogens (tertiary/aromatic N) is 2. The molecule has 0 saturated carbocycles. The van der Waals surface area contributed by atoms with E-state index in [1.54, 1.807) is 11.3 Å². The Morgan fingerprint density at radius 2 is 2.10 bits per heavy atom. The Morgan fingerprint density at radius 3 is 2.60 bits per heavy atom. The number of halogens is 3. The summed E-state index contributed by atoms with van der Waals surface area (Å²) in [6, 6.07) is 4.08. The maximum absolute atomic E-state index is 12.5. The second kappa shape index (κ2) is 6.11. The summed E-state index contributed by atoms with van der Waals surface area (Å²) >= 11 is 2.60. The van der Waals surface area contributed by atoms with Crippen molar-refractivity contribution >= 4 is 27.8 Å². The molecule has 0 aliphatic heterocycles. The molecule has 0 amide bonds. The van der Waals surface area contributed by atoms with Crippen molar-refractivity contribution in [1.29, 1.82) is 0 Å². The van der Waals surface area contributed by atoms with Crippen LogP contribution in [0.3, 0.4) is 0 Å². The minimum atomic E-state index is -4.38. The first-order valence-corrected chi connectivity index (χ1v) is 7.60. The summed E-state index contributed by atoms with van der Waals surface area (Å²) in [6.07, 6.45) is -4.38. The highest BCUT2D eigenvalue weighted by molar-refractivity contribution is 7.13. The zero-order chi connectivity index (χ0) is 14.8. The average Bonchev–Trinajstić information content (AvgIpc) is 2.97. The molecule has 0 aliphatic carbocycles. The third kappa shape index (κ3) is 3.71. The highest BCUT2D eigenvalue weighted by Gasteiger charge is 2.33. The maximum atomic E-state index is 12.5. The van der Waals surface area contributed by atoms with Gasteiger partial charge in [-0.3, -0.25) is 0 Å². The van der Waals surface area contributed by atoms with E-state index < -0.39 is 11.9 Å². The SMILES string of the molecule is CN(C)C(CNc1nc(C(F)(F)F)cs1)c1cccs1. The predicted molar refractivity (Wildman–Crippen MR) is 76.4 cm³/mol. The number of thiazole rings is 1. The summed E-state index contributed by atoms with van der Waals surface area (Å²) in [7, 11) is 3.88. The third-order valence-corrected chi connectivity index (χ3v) is 4.51. The van der Waals surface area contributed by atoms with E-state index in [4.69, 9.17) is 0 Å². The first kappa shape index (κ1) is 15.3. The van der Waals surface area contributed by atoms with Crippen LogP contribution in [-0.2, 0) is 6.18 Å². The molecule has 2 rings (SSSR count). The van der Waals surface area contributed by atoms with E-state index in [0.29, 0.717) is 11.7 Å². The predicted octanol–water partition coefficient (Wildman–Crippen LogP) is 3.94. The Balaban J connectivity index is 2.01. The molecule has 0 fully saturated rings. The van der Waals surface area contributed by atoms with Gasteiger partial charge < -0.3 is 10.2 Å². The van der Waals surface area contributed by atoms with Crippen LogP contribution in [0.4, 0.5) is 18.3 Å². The third-order valence-electron chi connectivity index (χ3n) is 2.74. The van der Waals surface area contributed by atoms with Crippen LogP contribution in [0.15, 0.2) is 22.9 Å². The van der Waals surface area contributed by atoms with E-state index in [1.807, 2.05) is 36.5 Å². The monoisotopic (exact) mass is 321 g/mol. The lowest BCUT2D eigenvalue weighted by Gasteiger charge is -2.23. The van der Waals surface area contributed by atoms with Gasteiger partial charge in [-0.25, -0.2) is 4.98 Å². The fourth-order valence-corrected chi connectivity index (χ4v) is 3.34. The van der Waals surface area contributed by atoms with Gasteiger partial charge in [0.25, 0.3) is 0 Å². The number of likely N-dealkylation sites (N-methyl/N-ethyl adjacent to an activating group) is 1. The van der Waals surface area contributed by atoms with Gasteiger partial charge in [0, 0.05) is 16.8 Å². The standard InChI is InChI=1S/C12H14F3N3S2/c1-18(2)8(9-4-3-5-19-9)6-16-11-17-10(7-20-11)12(13,14)15/h3-5,7-8H,6H2,1-2H3,(H,16,17). The van der Waals surface area contributed by atoms with Crippen molar-refractivity contribution in [3.05, 3.63) is 33.5 Å². The van der Waals surface area contributed by atoms with E-state index in [1.165, 1.54) is 0 Å². The van der Waals surface area contributed by atoms with Gasteiger partial charge in [-0.2, -0.15) is 13.2 Å². The lowest BCUT2D eigenvalue weighted by molar-refractivity contribution is -0.140. The summed E-state index contributed by atoms with van der Waals surface area (Å²) in [5.74, 6) is 0. The van der Waals surface area contributed by atoms with E-state index in [9.17, 15) is 13.2 Å². The van der Waals surface area contributed by atoms with Crippen molar-refractivity contribution in [2.75, 3.05) is 26.0 Å². The summed E-state index contributed by atoms with van der Waals surface area (Å²) < 4.78 is 37.4. The molecule has 20 heavy (non-hydrogen) atoms. The van der Waals surface area contributed by atoms with Crippen molar-refractivity contribution in [2.45, 2.75) is 12.2 Å². The molecule has 2 aromatic heterocycles. The first-order valence-electron chi connectivity index (χ1n) is 5.84. The number of nitrogens with one attached hydrogen (secondary N) is 1. The molecule has 0 radical (unpaired) electrons. The van der Waals surface area contributed by atoms with Crippen LogP contribution >= 0.6 is 22.7 Å². The van der Waals surface area contributed by atoms with Gasteiger partial charge in [-0.15, -0.1) is 22.7 Å². The minimum absolute atomic E-state index is 0.105. The zero-order valence-corrected chi connectivity index (χ0v) is 12.6. The van der Waals surface area contributed by atoms with Crippen LogP contribution in [0.25, 0.3) is 0 Å². The smallest absolute Gasteiger partial charge is 0.360 e.